The van der Waals surface area contributed by atoms with Gasteiger partial charge in [-0.25, -0.2) is 0 Å². The van der Waals surface area contributed by atoms with Crippen molar-refractivity contribution >= 4 is 38.2 Å². The summed E-state index contributed by atoms with van der Waals surface area (Å²) in [7, 11) is 1.65. The number of hydrogen-bond donors (Lipinski definition) is 1. The van der Waals surface area contributed by atoms with Crippen LogP contribution < -0.4 is 10.1 Å². The maximum atomic E-state index is 13.2. The molecular formula is C25H26N2O3S. The van der Waals surface area contributed by atoms with E-state index in [9.17, 15) is 4.79 Å². The number of aromatic nitrogens is 1. The standard InChI is InChI=1S/C25H26N2O3S/c1-4-30-14-6-13-26-25(28)24-21(17-11-9-16(2)10-12-17)19-15-27-22-18(23(19)31-24)7-5-8-20(22)29-3/h5,7-12,15H,4,6,13-14H2,1-3H3,(H,26,28). The molecule has 1 amide bonds. The Hall–Kier alpha value is -2.96. The minimum absolute atomic E-state index is 0.0654. The van der Waals surface area contributed by atoms with E-state index >= 15 is 0 Å². The van der Waals surface area contributed by atoms with Crippen LogP contribution in [0.15, 0.2) is 48.7 Å². The van der Waals surface area contributed by atoms with Crippen molar-refractivity contribution in [2.75, 3.05) is 26.9 Å². The third kappa shape index (κ3) is 4.27. The van der Waals surface area contributed by atoms with Crippen LogP contribution in [-0.4, -0.2) is 37.8 Å². The fraction of sp³-hybridized carbons (Fsp3) is 0.280. The second-order valence-electron chi connectivity index (χ2n) is 7.34. The molecule has 0 saturated carbocycles. The van der Waals surface area contributed by atoms with E-state index in [2.05, 4.69) is 41.5 Å². The van der Waals surface area contributed by atoms with Gasteiger partial charge in [-0.2, -0.15) is 0 Å². The van der Waals surface area contributed by atoms with Gasteiger partial charge in [0.25, 0.3) is 5.91 Å². The molecule has 0 radical (unpaired) electrons. The highest BCUT2D eigenvalue weighted by Crippen LogP contribution is 2.42. The summed E-state index contributed by atoms with van der Waals surface area (Å²) >= 11 is 1.51. The summed E-state index contributed by atoms with van der Waals surface area (Å²) < 4.78 is 11.9. The van der Waals surface area contributed by atoms with Gasteiger partial charge in [0.2, 0.25) is 0 Å². The molecule has 5 nitrogen and oxygen atoms in total. The maximum Gasteiger partial charge on any atom is 0.262 e. The van der Waals surface area contributed by atoms with E-state index in [0.717, 1.165) is 44.3 Å². The Labute approximate surface area is 186 Å². The molecule has 0 fully saturated rings. The molecule has 31 heavy (non-hydrogen) atoms. The van der Waals surface area contributed by atoms with Crippen LogP contribution in [0.3, 0.4) is 0 Å². The number of amides is 1. The molecule has 0 bridgehead atoms. The smallest absolute Gasteiger partial charge is 0.262 e. The minimum Gasteiger partial charge on any atom is -0.494 e. The van der Waals surface area contributed by atoms with Crippen LogP contribution in [0.5, 0.6) is 5.75 Å². The number of benzene rings is 2. The maximum absolute atomic E-state index is 13.2. The van der Waals surface area contributed by atoms with E-state index < -0.39 is 0 Å². The molecule has 0 aliphatic heterocycles. The molecule has 1 N–H and O–H groups in total. The Morgan fingerprint density at radius 2 is 1.94 bits per heavy atom. The molecule has 0 spiro atoms. The Bertz CT molecular complexity index is 1220. The number of carbonyl (C=O) groups is 1. The highest BCUT2D eigenvalue weighted by Gasteiger charge is 2.22. The molecule has 6 heteroatoms. The van der Waals surface area contributed by atoms with Gasteiger partial charge in [0.15, 0.2) is 0 Å². The van der Waals surface area contributed by atoms with Gasteiger partial charge in [0.05, 0.1) is 7.11 Å². The Balaban J connectivity index is 1.83. The summed E-state index contributed by atoms with van der Waals surface area (Å²) in [6.07, 6.45) is 2.64. The van der Waals surface area contributed by atoms with Crippen LogP contribution in [0.1, 0.15) is 28.6 Å². The van der Waals surface area contributed by atoms with E-state index in [1.807, 2.05) is 31.3 Å². The van der Waals surface area contributed by atoms with E-state index in [1.165, 1.54) is 16.9 Å². The summed E-state index contributed by atoms with van der Waals surface area (Å²) in [5.41, 5.74) is 3.93. The SMILES string of the molecule is CCOCCCNC(=O)c1sc2c(cnc3c(OC)cccc32)c1-c1ccc(C)cc1. The first kappa shape index (κ1) is 21.3. The number of pyridine rings is 1. The van der Waals surface area contributed by atoms with Gasteiger partial charge in [-0.15, -0.1) is 11.3 Å². The molecule has 0 aliphatic rings. The number of thiophene rings is 1. The van der Waals surface area contributed by atoms with Crippen molar-refractivity contribution < 1.29 is 14.3 Å². The minimum atomic E-state index is -0.0654. The fourth-order valence-corrected chi connectivity index (χ4v) is 4.91. The molecule has 0 atom stereocenters. The third-order valence-corrected chi connectivity index (χ3v) is 6.47. The summed E-state index contributed by atoms with van der Waals surface area (Å²) in [6.45, 7) is 5.93. The topological polar surface area (TPSA) is 60.5 Å². The van der Waals surface area contributed by atoms with Crippen LogP contribution in [0, 0.1) is 6.92 Å². The zero-order chi connectivity index (χ0) is 21.8. The van der Waals surface area contributed by atoms with Gasteiger partial charge in [-0.1, -0.05) is 42.0 Å². The number of para-hydroxylation sites is 1. The van der Waals surface area contributed by atoms with Crippen LogP contribution in [0.25, 0.3) is 32.1 Å². The quantitative estimate of drug-likeness (QED) is 0.367. The fourth-order valence-electron chi connectivity index (χ4n) is 3.67. The Morgan fingerprint density at radius 3 is 2.68 bits per heavy atom. The van der Waals surface area contributed by atoms with Gasteiger partial charge < -0.3 is 14.8 Å². The molecular weight excluding hydrogens is 408 g/mol. The average molecular weight is 435 g/mol. The highest BCUT2D eigenvalue weighted by atomic mass is 32.1. The molecule has 0 unspecified atom stereocenters. The van der Waals surface area contributed by atoms with E-state index in [0.29, 0.717) is 24.6 Å². The molecule has 0 saturated heterocycles. The first-order valence-corrected chi connectivity index (χ1v) is 11.3. The number of methoxy groups -OCH3 is 1. The summed E-state index contributed by atoms with van der Waals surface area (Å²) in [4.78, 5) is 18.6. The van der Waals surface area contributed by atoms with E-state index in [-0.39, 0.29) is 5.91 Å². The average Bonchev–Trinajstić information content (AvgIpc) is 3.19. The van der Waals surface area contributed by atoms with Crippen molar-refractivity contribution in [3.63, 3.8) is 0 Å². The van der Waals surface area contributed by atoms with Crippen molar-refractivity contribution in [1.29, 1.82) is 0 Å². The number of aryl methyl sites for hydroxylation is 1. The Kier molecular flexibility index (Phi) is 6.49. The molecule has 4 aromatic rings. The number of nitrogens with zero attached hydrogens (tertiary/aromatic N) is 1. The van der Waals surface area contributed by atoms with Gasteiger partial charge in [0.1, 0.15) is 16.1 Å². The molecule has 2 aromatic carbocycles. The predicted molar refractivity (Wildman–Crippen MR) is 127 cm³/mol. The largest absolute Gasteiger partial charge is 0.494 e. The van der Waals surface area contributed by atoms with E-state index in [4.69, 9.17) is 9.47 Å². The molecule has 4 rings (SSSR count). The number of carbonyl (C=O) groups excluding carboxylic acids is 1. The van der Waals surface area contributed by atoms with Crippen LogP contribution in [0.2, 0.25) is 0 Å². The number of rotatable bonds is 8. The lowest BCUT2D eigenvalue weighted by Crippen LogP contribution is -2.24. The van der Waals surface area contributed by atoms with Crippen LogP contribution in [-0.2, 0) is 4.74 Å². The van der Waals surface area contributed by atoms with Crippen LogP contribution in [0.4, 0.5) is 0 Å². The summed E-state index contributed by atoms with van der Waals surface area (Å²) in [5, 5.41) is 5.03. The van der Waals surface area contributed by atoms with Crippen LogP contribution >= 0.6 is 11.3 Å². The van der Waals surface area contributed by atoms with Crippen molar-refractivity contribution in [2.45, 2.75) is 20.3 Å². The lowest BCUT2D eigenvalue weighted by atomic mass is 10.0. The highest BCUT2D eigenvalue weighted by molar-refractivity contribution is 7.22. The Morgan fingerprint density at radius 1 is 1.13 bits per heavy atom. The number of ether oxygens (including phenoxy) is 2. The lowest BCUT2D eigenvalue weighted by molar-refractivity contribution is 0.0949. The molecule has 0 aliphatic carbocycles. The molecule has 160 valence electrons. The first-order chi connectivity index (χ1) is 15.1. The van der Waals surface area contributed by atoms with Crippen molar-refractivity contribution in [3.8, 4) is 16.9 Å². The zero-order valence-corrected chi connectivity index (χ0v) is 18.8. The summed E-state index contributed by atoms with van der Waals surface area (Å²) in [5.74, 6) is 0.663. The van der Waals surface area contributed by atoms with Crippen molar-refractivity contribution in [1.82, 2.24) is 10.3 Å². The first-order valence-electron chi connectivity index (χ1n) is 10.4. The summed E-state index contributed by atoms with van der Waals surface area (Å²) in [6, 6.07) is 14.2. The second-order valence-corrected chi connectivity index (χ2v) is 8.36. The zero-order valence-electron chi connectivity index (χ0n) is 18.0. The number of fused-ring (bicyclic) bond motifs is 3. The van der Waals surface area contributed by atoms with Crippen molar-refractivity contribution in [3.05, 3.63) is 59.1 Å². The monoisotopic (exact) mass is 434 g/mol. The normalized spacial score (nSPS) is 11.2. The van der Waals surface area contributed by atoms with Gasteiger partial charge >= 0.3 is 0 Å². The molecule has 2 heterocycles. The molecule has 2 aromatic heterocycles. The number of nitrogens with one attached hydrogen (secondary N) is 1. The number of hydrogen-bond acceptors (Lipinski definition) is 5. The van der Waals surface area contributed by atoms with E-state index in [1.54, 1.807) is 7.11 Å². The lowest BCUT2D eigenvalue weighted by Gasteiger charge is -2.08. The second kappa shape index (κ2) is 9.45. The predicted octanol–water partition coefficient (Wildman–Crippen LogP) is 5.59. The van der Waals surface area contributed by atoms with Gasteiger partial charge in [-0.3, -0.25) is 9.78 Å². The van der Waals surface area contributed by atoms with Gasteiger partial charge in [-0.05, 0) is 31.9 Å². The third-order valence-electron chi connectivity index (χ3n) is 5.23. The van der Waals surface area contributed by atoms with Gasteiger partial charge in [0, 0.05) is 47.0 Å². The van der Waals surface area contributed by atoms with Crippen molar-refractivity contribution in [2.24, 2.45) is 0 Å².